The van der Waals surface area contributed by atoms with Crippen molar-refractivity contribution in [2.24, 2.45) is 5.41 Å². The Kier molecular flexibility index (Phi) is 6.16. The highest BCUT2D eigenvalue weighted by Gasteiger charge is 2.48. The van der Waals surface area contributed by atoms with Gasteiger partial charge in [0.1, 0.15) is 0 Å². The topological polar surface area (TPSA) is 99.1 Å². The van der Waals surface area contributed by atoms with Gasteiger partial charge in [-0.15, -0.1) is 0 Å². The molecule has 0 aliphatic carbocycles. The molecular formula is C17H24N2O5. The Hall–Kier alpha value is -2.12. The van der Waals surface area contributed by atoms with Crippen molar-refractivity contribution in [2.45, 2.75) is 19.4 Å². The maximum atomic E-state index is 12.4. The molecule has 7 nitrogen and oxygen atoms in total. The standard InChI is InChI=1S/C17H24N2O5/c1-2-24-16(23)19-10-14(17(11-19,12-21)8-9-20)18-15(22)13-6-4-3-5-7-13/h3-7,14,20-21H,2,8-12H2,1H3,(H,18,22). The molecule has 0 radical (unpaired) electrons. The lowest BCUT2D eigenvalue weighted by molar-refractivity contribution is 0.0651. The molecule has 0 aromatic heterocycles. The van der Waals surface area contributed by atoms with E-state index < -0.39 is 17.6 Å². The smallest absolute Gasteiger partial charge is 0.409 e. The zero-order chi connectivity index (χ0) is 17.6. The second-order valence-electron chi connectivity index (χ2n) is 5.97. The van der Waals surface area contributed by atoms with Crippen molar-refractivity contribution in [3.8, 4) is 0 Å². The van der Waals surface area contributed by atoms with E-state index in [-0.39, 0.29) is 45.2 Å². The van der Waals surface area contributed by atoms with Crippen molar-refractivity contribution >= 4 is 12.0 Å². The molecular weight excluding hydrogens is 312 g/mol. The van der Waals surface area contributed by atoms with Gasteiger partial charge in [-0.2, -0.15) is 0 Å². The minimum atomic E-state index is -0.786. The summed E-state index contributed by atoms with van der Waals surface area (Å²) in [5, 5.41) is 22.1. The van der Waals surface area contributed by atoms with Crippen molar-refractivity contribution in [3.05, 3.63) is 35.9 Å². The number of benzene rings is 1. The second-order valence-corrected chi connectivity index (χ2v) is 5.97. The molecule has 2 rings (SSSR count). The Morgan fingerprint density at radius 3 is 2.62 bits per heavy atom. The summed E-state index contributed by atoms with van der Waals surface area (Å²) >= 11 is 0. The van der Waals surface area contributed by atoms with Gasteiger partial charge in [0.05, 0.1) is 19.3 Å². The SMILES string of the molecule is CCOC(=O)N1CC(NC(=O)c2ccccc2)C(CO)(CCO)C1. The summed E-state index contributed by atoms with van der Waals surface area (Å²) in [5.74, 6) is -0.276. The van der Waals surface area contributed by atoms with E-state index in [1.165, 1.54) is 4.90 Å². The van der Waals surface area contributed by atoms with Gasteiger partial charge >= 0.3 is 6.09 Å². The van der Waals surface area contributed by atoms with E-state index in [1.54, 1.807) is 31.2 Å². The Morgan fingerprint density at radius 1 is 1.33 bits per heavy atom. The fraction of sp³-hybridized carbons (Fsp3) is 0.529. The second kappa shape index (κ2) is 8.12. The number of aliphatic hydroxyl groups is 2. The van der Waals surface area contributed by atoms with Gasteiger partial charge in [-0.05, 0) is 25.5 Å². The molecule has 2 unspecified atom stereocenters. The van der Waals surface area contributed by atoms with E-state index in [0.29, 0.717) is 5.56 Å². The number of rotatable bonds is 6. The first kappa shape index (κ1) is 18.2. The lowest BCUT2D eigenvalue weighted by Crippen LogP contribution is -2.49. The molecule has 1 fully saturated rings. The number of aliphatic hydroxyl groups excluding tert-OH is 2. The summed E-state index contributed by atoms with van der Waals surface area (Å²) in [4.78, 5) is 25.9. The quantitative estimate of drug-likeness (QED) is 0.707. The minimum absolute atomic E-state index is 0.144. The Morgan fingerprint density at radius 2 is 2.04 bits per heavy atom. The number of hydrogen-bond donors (Lipinski definition) is 3. The molecule has 1 heterocycles. The van der Waals surface area contributed by atoms with Gasteiger partial charge in [0.25, 0.3) is 5.91 Å². The van der Waals surface area contributed by atoms with Crippen molar-refractivity contribution in [3.63, 3.8) is 0 Å². The van der Waals surface area contributed by atoms with E-state index in [2.05, 4.69) is 5.32 Å². The molecule has 1 aliphatic heterocycles. The van der Waals surface area contributed by atoms with Crippen LogP contribution in [-0.4, -0.2) is 66.1 Å². The molecule has 1 aliphatic rings. The molecule has 1 aromatic rings. The Bertz CT molecular complexity index is 565. The van der Waals surface area contributed by atoms with Gasteiger partial charge in [-0.1, -0.05) is 18.2 Å². The van der Waals surface area contributed by atoms with E-state index in [9.17, 15) is 19.8 Å². The number of carbonyl (C=O) groups is 2. The minimum Gasteiger partial charge on any atom is -0.450 e. The van der Waals surface area contributed by atoms with Crippen molar-refractivity contribution in [2.75, 3.05) is 32.9 Å². The number of nitrogens with one attached hydrogen (secondary N) is 1. The molecule has 7 heteroatoms. The van der Waals surface area contributed by atoms with E-state index in [1.807, 2.05) is 6.07 Å². The Balaban J connectivity index is 2.17. The van der Waals surface area contributed by atoms with Crippen LogP contribution in [-0.2, 0) is 4.74 Å². The highest BCUT2D eigenvalue weighted by Crippen LogP contribution is 2.34. The highest BCUT2D eigenvalue weighted by molar-refractivity contribution is 5.94. The first-order valence-corrected chi connectivity index (χ1v) is 8.05. The van der Waals surface area contributed by atoms with Crippen LogP contribution >= 0.6 is 0 Å². The summed E-state index contributed by atoms with van der Waals surface area (Å²) in [7, 11) is 0. The molecule has 2 atom stereocenters. The average Bonchev–Trinajstić information content (AvgIpc) is 2.95. The molecule has 1 aromatic carbocycles. The normalized spacial score (nSPS) is 23.1. The third-order valence-corrected chi connectivity index (χ3v) is 4.44. The third-order valence-electron chi connectivity index (χ3n) is 4.44. The van der Waals surface area contributed by atoms with Crippen LogP contribution in [0, 0.1) is 5.41 Å². The molecule has 1 saturated heterocycles. The lowest BCUT2D eigenvalue weighted by Gasteiger charge is -2.32. The van der Waals surface area contributed by atoms with Crippen molar-refractivity contribution < 1.29 is 24.5 Å². The molecule has 132 valence electrons. The number of hydrogen-bond acceptors (Lipinski definition) is 5. The summed E-state index contributed by atoms with van der Waals surface area (Å²) in [5.41, 5.74) is -0.283. The summed E-state index contributed by atoms with van der Waals surface area (Å²) in [6, 6.07) is 8.27. The van der Waals surface area contributed by atoms with Gasteiger partial charge in [0, 0.05) is 30.7 Å². The van der Waals surface area contributed by atoms with Gasteiger partial charge in [0.15, 0.2) is 0 Å². The zero-order valence-corrected chi connectivity index (χ0v) is 13.8. The average molecular weight is 336 g/mol. The molecule has 0 saturated carbocycles. The van der Waals surface area contributed by atoms with Gasteiger partial charge in [0.2, 0.25) is 0 Å². The molecule has 24 heavy (non-hydrogen) atoms. The highest BCUT2D eigenvalue weighted by atomic mass is 16.6. The third kappa shape index (κ3) is 3.85. The van der Waals surface area contributed by atoms with Crippen LogP contribution in [0.25, 0.3) is 0 Å². The predicted molar refractivity (Wildman–Crippen MR) is 87.5 cm³/mol. The van der Waals surface area contributed by atoms with Crippen LogP contribution in [0.15, 0.2) is 30.3 Å². The van der Waals surface area contributed by atoms with E-state index in [4.69, 9.17) is 4.74 Å². The van der Waals surface area contributed by atoms with Gasteiger partial charge < -0.3 is 25.2 Å². The molecule has 3 N–H and O–H groups in total. The number of carbonyl (C=O) groups excluding carboxylic acids is 2. The first-order chi connectivity index (χ1) is 11.6. The van der Waals surface area contributed by atoms with E-state index >= 15 is 0 Å². The summed E-state index contributed by atoms with van der Waals surface area (Å²) in [6.45, 7) is 2.04. The van der Waals surface area contributed by atoms with Crippen molar-refractivity contribution in [1.29, 1.82) is 0 Å². The predicted octanol–water partition coefficient (Wildman–Crippen LogP) is 0.618. The largest absolute Gasteiger partial charge is 0.450 e. The van der Waals surface area contributed by atoms with Crippen LogP contribution < -0.4 is 5.32 Å². The van der Waals surface area contributed by atoms with E-state index in [0.717, 1.165) is 0 Å². The fourth-order valence-electron chi connectivity index (χ4n) is 3.07. The van der Waals surface area contributed by atoms with Crippen LogP contribution in [0.4, 0.5) is 4.79 Å². The first-order valence-electron chi connectivity index (χ1n) is 8.05. The number of likely N-dealkylation sites (tertiary alicyclic amines) is 1. The lowest BCUT2D eigenvalue weighted by atomic mass is 9.80. The molecule has 2 amide bonds. The summed E-state index contributed by atoms with van der Waals surface area (Å²) < 4.78 is 5.01. The maximum Gasteiger partial charge on any atom is 0.409 e. The maximum absolute atomic E-state index is 12.4. The zero-order valence-electron chi connectivity index (χ0n) is 13.8. The number of nitrogens with zero attached hydrogens (tertiary/aromatic N) is 1. The van der Waals surface area contributed by atoms with Crippen molar-refractivity contribution in [1.82, 2.24) is 10.2 Å². The summed E-state index contributed by atoms with van der Waals surface area (Å²) in [6.07, 6.45) is -0.205. The van der Waals surface area contributed by atoms with Gasteiger partial charge in [-0.3, -0.25) is 4.79 Å². The van der Waals surface area contributed by atoms with Crippen LogP contribution in [0.3, 0.4) is 0 Å². The van der Waals surface area contributed by atoms with Crippen LogP contribution in [0.2, 0.25) is 0 Å². The van der Waals surface area contributed by atoms with Crippen LogP contribution in [0.1, 0.15) is 23.7 Å². The Labute approximate surface area is 141 Å². The fourth-order valence-corrected chi connectivity index (χ4v) is 3.07. The molecule has 0 spiro atoms. The number of ether oxygens (including phenoxy) is 1. The monoisotopic (exact) mass is 336 g/mol. The number of amides is 2. The van der Waals surface area contributed by atoms with Crippen LogP contribution in [0.5, 0.6) is 0 Å². The molecule has 0 bridgehead atoms. The van der Waals surface area contributed by atoms with Gasteiger partial charge in [-0.25, -0.2) is 4.79 Å².